The molecule has 1 aliphatic rings. The van der Waals surface area contributed by atoms with E-state index in [0.717, 1.165) is 26.1 Å². The highest BCUT2D eigenvalue weighted by molar-refractivity contribution is 4.84. The first-order chi connectivity index (χ1) is 6.55. The van der Waals surface area contributed by atoms with Crippen molar-refractivity contribution in [1.29, 1.82) is 0 Å². The van der Waals surface area contributed by atoms with E-state index in [1.165, 1.54) is 0 Å². The first-order valence-corrected chi connectivity index (χ1v) is 5.51. The Kier molecular flexibility index (Phi) is 4.35. The molecule has 0 aromatic rings. The van der Waals surface area contributed by atoms with Gasteiger partial charge in [0.1, 0.15) is 0 Å². The summed E-state index contributed by atoms with van der Waals surface area (Å²) in [6, 6.07) is 0.459. The molecule has 1 rings (SSSR count). The number of ether oxygens (including phenoxy) is 1. The molecular formula is C11H23NO2. The van der Waals surface area contributed by atoms with Crippen LogP contribution in [0.5, 0.6) is 0 Å². The predicted octanol–water partition coefficient (Wildman–Crippen LogP) is 1.16. The van der Waals surface area contributed by atoms with Crippen molar-refractivity contribution in [2.24, 2.45) is 5.92 Å². The quantitative estimate of drug-likeness (QED) is 0.717. The number of aliphatic hydroxyl groups excluding tert-OH is 1. The smallest absolute Gasteiger partial charge is 0.0607 e. The largest absolute Gasteiger partial charge is 0.394 e. The lowest BCUT2D eigenvalue weighted by Gasteiger charge is -2.34. The Balaban J connectivity index is 2.36. The van der Waals surface area contributed by atoms with E-state index in [1.807, 2.05) is 13.8 Å². The van der Waals surface area contributed by atoms with Gasteiger partial charge in [-0.1, -0.05) is 0 Å². The molecule has 14 heavy (non-hydrogen) atoms. The van der Waals surface area contributed by atoms with E-state index in [0.29, 0.717) is 12.0 Å². The van der Waals surface area contributed by atoms with Crippen LogP contribution in [0.2, 0.25) is 0 Å². The Hall–Kier alpha value is -0.120. The van der Waals surface area contributed by atoms with Crippen molar-refractivity contribution in [3.8, 4) is 0 Å². The monoisotopic (exact) mass is 201 g/mol. The van der Waals surface area contributed by atoms with Gasteiger partial charge in [-0.3, -0.25) is 0 Å². The Bertz CT molecular complexity index is 165. The lowest BCUT2D eigenvalue weighted by molar-refractivity contribution is 0.0487. The van der Waals surface area contributed by atoms with Crippen LogP contribution < -0.4 is 5.32 Å². The third-order valence-corrected chi connectivity index (χ3v) is 2.99. The fourth-order valence-electron chi connectivity index (χ4n) is 2.00. The van der Waals surface area contributed by atoms with Crippen molar-refractivity contribution in [2.45, 2.75) is 45.2 Å². The zero-order chi connectivity index (χ0) is 10.6. The molecule has 3 nitrogen and oxygen atoms in total. The second-order valence-corrected chi connectivity index (χ2v) is 4.92. The average molecular weight is 201 g/mol. The van der Waals surface area contributed by atoms with Gasteiger partial charge in [-0.25, -0.2) is 0 Å². The molecule has 1 heterocycles. The second kappa shape index (κ2) is 5.10. The Morgan fingerprint density at radius 2 is 2.00 bits per heavy atom. The molecule has 84 valence electrons. The van der Waals surface area contributed by atoms with Gasteiger partial charge in [-0.15, -0.1) is 0 Å². The average Bonchev–Trinajstić information content (AvgIpc) is 2.19. The van der Waals surface area contributed by atoms with Crippen LogP contribution in [0.3, 0.4) is 0 Å². The van der Waals surface area contributed by atoms with E-state index in [1.54, 1.807) is 0 Å². The first kappa shape index (κ1) is 12.0. The molecule has 1 aliphatic heterocycles. The standard InChI is InChI=1S/C11H23NO2/c1-9(12-11(2,3)8-13)10-4-6-14-7-5-10/h9-10,12-13H,4-8H2,1-3H3. The summed E-state index contributed by atoms with van der Waals surface area (Å²) in [6.45, 7) is 8.21. The summed E-state index contributed by atoms with van der Waals surface area (Å²) in [7, 11) is 0. The fourth-order valence-corrected chi connectivity index (χ4v) is 2.00. The van der Waals surface area contributed by atoms with Crippen molar-refractivity contribution >= 4 is 0 Å². The minimum Gasteiger partial charge on any atom is -0.394 e. The van der Waals surface area contributed by atoms with Crippen LogP contribution in [-0.4, -0.2) is 36.5 Å². The topological polar surface area (TPSA) is 41.5 Å². The van der Waals surface area contributed by atoms with E-state index in [2.05, 4.69) is 12.2 Å². The molecular weight excluding hydrogens is 178 g/mol. The van der Waals surface area contributed by atoms with Gasteiger partial charge in [-0.05, 0) is 39.5 Å². The summed E-state index contributed by atoms with van der Waals surface area (Å²) in [4.78, 5) is 0. The van der Waals surface area contributed by atoms with Gasteiger partial charge in [0.15, 0.2) is 0 Å². The van der Waals surface area contributed by atoms with Crippen LogP contribution in [0.15, 0.2) is 0 Å². The van der Waals surface area contributed by atoms with Crippen LogP contribution in [-0.2, 0) is 4.74 Å². The van der Waals surface area contributed by atoms with E-state index >= 15 is 0 Å². The molecule has 0 radical (unpaired) electrons. The summed E-state index contributed by atoms with van der Waals surface area (Å²) in [5.41, 5.74) is -0.169. The number of aliphatic hydroxyl groups is 1. The van der Waals surface area contributed by atoms with Gasteiger partial charge in [0.05, 0.1) is 6.61 Å². The van der Waals surface area contributed by atoms with Crippen LogP contribution >= 0.6 is 0 Å². The molecule has 0 aliphatic carbocycles. The number of rotatable bonds is 4. The van der Waals surface area contributed by atoms with Crippen molar-refractivity contribution in [1.82, 2.24) is 5.32 Å². The van der Waals surface area contributed by atoms with Crippen LogP contribution in [0, 0.1) is 5.92 Å². The normalized spacial score (nSPS) is 22.3. The highest BCUT2D eigenvalue weighted by Gasteiger charge is 2.25. The highest BCUT2D eigenvalue weighted by Crippen LogP contribution is 2.20. The fraction of sp³-hybridized carbons (Fsp3) is 1.00. The maximum atomic E-state index is 9.15. The van der Waals surface area contributed by atoms with E-state index < -0.39 is 0 Å². The minimum absolute atomic E-state index is 0.169. The lowest BCUT2D eigenvalue weighted by atomic mass is 9.91. The van der Waals surface area contributed by atoms with Gasteiger partial charge in [0.2, 0.25) is 0 Å². The molecule has 0 spiro atoms. The SMILES string of the molecule is CC(NC(C)(C)CO)C1CCOCC1. The second-order valence-electron chi connectivity index (χ2n) is 4.92. The summed E-state index contributed by atoms with van der Waals surface area (Å²) in [6.07, 6.45) is 2.27. The number of hydrogen-bond acceptors (Lipinski definition) is 3. The minimum atomic E-state index is -0.169. The zero-order valence-corrected chi connectivity index (χ0v) is 9.55. The third-order valence-electron chi connectivity index (χ3n) is 2.99. The van der Waals surface area contributed by atoms with Gasteiger partial charge >= 0.3 is 0 Å². The summed E-state index contributed by atoms with van der Waals surface area (Å²) in [5, 5.41) is 12.6. The van der Waals surface area contributed by atoms with Gasteiger partial charge in [0.25, 0.3) is 0 Å². The summed E-state index contributed by atoms with van der Waals surface area (Å²) >= 11 is 0. The van der Waals surface area contributed by atoms with Crippen molar-refractivity contribution in [3.05, 3.63) is 0 Å². The first-order valence-electron chi connectivity index (χ1n) is 5.51. The van der Waals surface area contributed by atoms with Crippen molar-refractivity contribution in [2.75, 3.05) is 19.8 Å². The summed E-state index contributed by atoms with van der Waals surface area (Å²) in [5.74, 6) is 0.689. The highest BCUT2D eigenvalue weighted by atomic mass is 16.5. The molecule has 1 fully saturated rings. The van der Waals surface area contributed by atoms with Gasteiger partial charge in [-0.2, -0.15) is 0 Å². The summed E-state index contributed by atoms with van der Waals surface area (Å²) < 4.78 is 5.33. The zero-order valence-electron chi connectivity index (χ0n) is 9.55. The predicted molar refractivity (Wildman–Crippen MR) is 57.3 cm³/mol. The van der Waals surface area contributed by atoms with Crippen molar-refractivity contribution < 1.29 is 9.84 Å². The molecule has 0 aromatic heterocycles. The molecule has 0 aromatic carbocycles. The third kappa shape index (κ3) is 3.56. The van der Waals surface area contributed by atoms with Crippen molar-refractivity contribution in [3.63, 3.8) is 0 Å². The van der Waals surface area contributed by atoms with Crippen LogP contribution in [0.4, 0.5) is 0 Å². The van der Waals surface area contributed by atoms with E-state index in [4.69, 9.17) is 9.84 Å². The molecule has 1 saturated heterocycles. The van der Waals surface area contributed by atoms with Gasteiger partial charge < -0.3 is 15.2 Å². The number of hydrogen-bond donors (Lipinski definition) is 2. The van der Waals surface area contributed by atoms with E-state index in [-0.39, 0.29) is 12.1 Å². The molecule has 1 atom stereocenters. The maximum Gasteiger partial charge on any atom is 0.0607 e. The van der Waals surface area contributed by atoms with Gasteiger partial charge in [0, 0.05) is 24.8 Å². The lowest BCUT2D eigenvalue weighted by Crippen LogP contribution is -2.50. The Morgan fingerprint density at radius 3 is 2.50 bits per heavy atom. The molecule has 0 saturated carbocycles. The maximum absolute atomic E-state index is 9.15. The van der Waals surface area contributed by atoms with Crippen LogP contribution in [0.25, 0.3) is 0 Å². The number of nitrogens with one attached hydrogen (secondary N) is 1. The van der Waals surface area contributed by atoms with E-state index in [9.17, 15) is 0 Å². The molecule has 0 bridgehead atoms. The van der Waals surface area contributed by atoms with Crippen LogP contribution in [0.1, 0.15) is 33.6 Å². The molecule has 3 heteroatoms. The Morgan fingerprint density at radius 1 is 1.43 bits per heavy atom. The Labute approximate surface area is 86.8 Å². The molecule has 0 amide bonds. The molecule has 1 unspecified atom stereocenters. The molecule has 2 N–H and O–H groups in total.